The Morgan fingerprint density at radius 1 is 0.941 bits per heavy atom. The second-order valence-corrected chi connectivity index (χ2v) is 14.1. The van der Waals surface area contributed by atoms with Crippen molar-refractivity contribution in [2.75, 3.05) is 6.61 Å². The number of ether oxygens (including phenoxy) is 2. The third-order valence-electron chi connectivity index (χ3n) is 11.3. The Morgan fingerprint density at radius 3 is 2.21 bits per heavy atom. The monoisotopic (exact) mass is 472 g/mol. The van der Waals surface area contributed by atoms with Crippen LogP contribution in [0.15, 0.2) is 0 Å². The standard InChI is InChI=1S/C30H48O4/c1-6-28(3,4)27(32)33-10-8-7-9-26(31)34-30(25-15-21-14-22(25)11-19(21)2)23-12-20-13-24(30)18-29(5,16-20)17-23/h19-25H,6-18H2,1-5H3. The highest BCUT2D eigenvalue weighted by atomic mass is 16.6. The number of hydrogen-bond acceptors (Lipinski definition) is 4. The van der Waals surface area contributed by atoms with E-state index < -0.39 is 5.41 Å². The van der Waals surface area contributed by atoms with E-state index >= 15 is 0 Å². The summed E-state index contributed by atoms with van der Waals surface area (Å²) >= 11 is 0. The molecule has 6 atom stereocenters. The number of carbonyl (C=O) groups is 2. The lowest BCUT2D eigenvalue weighted by Gasteiger charge is -2.66. The maximum Gasteiger partial charge on any atom is 0.311 e. The van der Waals surface area contributed by atoms with E-state index in [9.17, 15) is 9.59 Å². The molecule has 0 aliphatic heterocycles. The quantitative estimate of drug-likeness (QED) is 0.269. The molecule has 6 aliphatic rings. The molecule has 0 aromatic carbocycles. The first-order valence-electron chi connectivity index (χ1n) is 14.5. The molecule has 0 spiro atoms. The molecule has 0 saturated heterocycles. The zero-order chi connectivity index (χ0) is 24.3. The van der Waals surface area contributed by atoms with E-state index in [0.29, 0.717) is 36.2 Å². The Labute approximate surface area is 207 Å². The number of hydrogen-bond donors (Lipinski definition) is 0. The largest absolute Gasteiger partial charge is 0.465 e. The predicted octanol–water partition coefficient (Wildman–Crippen LogP) is 6.95. The zero-order valence-corrected chi connectivity index (χ0v) is 22.4. The first kappa shape index (κ1) is 24.6. The predicted molar refractivity (Wildman–Crippen MR) is 133 cm³/mol. The summed E-state index contributed by atoms with van der Waals surface area (Å²) in [6, 6.07) is 0. The molecule has 0 aromatic heterocycles. The molecule has 4 nitrogen and oxygen atoms in total. The van der Waals surface area contributed by atoms with Crippen molar-refractivity contribution in [3.63, 3.8) is 0 Å². The summed E-state index contributed by atoms with van der Waals surface area (Å²) in [6.07, 6.45) is 13.2. The van der Waals surface area contributed by atoms with Crippen LogP contribution in [0.2, 0.25) is 0 Å². The van der Waals surface area contributed by atoms with E-state index in [4.69, 9.17) is 9.47 Å². The average Bonchev–Trinajstić information content (AvgIpc) is 3.34. The van der Waals surface area contributed by atoms with Crippen LogP contribution in [0, 0.1) is 52.3 Å². The van der Waals surface area contributed by atoms with Gasteiger partial charge in [-0.15, -0.1) is 0 Å². The lowest BCUT2D eigenvalue weighted by atomic mass is 9.42. The van der Waals surface area contributed by atoms with E-state index in [-0.39, 0.29) is 17.5 Å². The molecule has 0 heterocycles. The van der Waals surface area contributed by atoms with Gasteiger partial charge in [-0.3, -0.25) is 9.59 Å². The summed E-state index contributed by atoms with van der Waals surface area (Å²) in [5, 5.41) is 0. The van der Waals surface area contributed by atoms with Crippen molar-refractivity contribution in [3.8, 4) is 0 Å². The van der Waals surface area contributed by atoms with Crippen molar-refractivity contribution in [3.05, 3.63) is 0 Å². The zero-order valence-electron chi connectivity index (χ0n) is 22.4. The Kier molecular flexibility index (Phi) is 6.37. The van der Waals surface area contributed by atoms with Crippen LogP contribution >= 0.6 is 0 Å². The molecule has 0 N–H and O–H groups in total. The molecule has 6 unspecified atom stereocenters. The van der Waals surface area contributed by atoms with Gasteiger partial charge >= 0.3 is 11.9 Å². The highest BCUT2D eigenvalue weighted by Crippen LogP contribution is 2.70. The first-order valence-corrected chi connectivity index (χ1v) is 14.5. The minimum atomic E-state index is -0.431. The van der Waals surface area contributed by atoms with Gasteiger partial charge in [-0.1, -0.05) is 20.8 Å². The Balaban J connectivity index is 1.22. The summed E-state index contributed by atoms with van der Waals surface area (Å²) in [5.41, 5.74) is -0.141. The van der Waals surface area contributed by atoms with Gasteiger partial charge in [0.25, 0.3) is 0 Å². The number of esters is 2. The van der Waals surface area contributed by atoms with Crippen molar-refractivity contribution in [1.82, 2.24) is 0 Å². The van der Waals surface area contributed by atoms with Crippen molar-refractivity contribution >= 4 is 11.9 Å². The van der Waals surface area contributed by atoms with Crippen LogP contribution in [0.5, 0.6) is 0 Å². The number of rotatable bonds is 9. The summed E-state index contributed by atoms with van der Waals surface area (Å²) in [5.74, 6) is 4.93. The highest BCUT2D eigenvalue weighted by molar-refractivity contribution is 5.75. The normalized spacial score (nSPS) is 44.4. The molecule has 192 valence electrons. The smallest absolute Gasteiger partial charge is 0.311 e. The fourth-order valence-electron chi connectivity index (χ4n) is 9.48. The van der Waals surface area contributed by atoms with E-state index in [1.165, 1.54) is 51.4 Å². The van der Waals surface area contributed by atoms with Gasteiger partial charge in [0.2, 0.25) is 0 Å². The first-order chi connectivity index (χ1) is 16.1. The number of unbranched alkanes of at least 4 members (excludes halogenated alkanes) is 1. The molecule has 0 amide bonds. The molecular weight excluding hydrogens is 424 g/mol. The Bertz CT molecular complexity index is 782. The van der Waals surface area contributed by atoms with Crippen LogP contribution in [-0.2, 0) is 19.1 Å². The van der Waals surface area contributed by atoms with Crippen molar-refractivity contribution in [2.45, 2.75) is 117 Å². The SMILES string of the molecule is CCC(C)(C)C(=O)OCCCCC(=O)OC1(C2CC3CC2CC3C)C2CC3CC1CC(C)(C3)C2. The van der Waals surface area contributed by atoms with Crippen LogP contribution in [0.4, 0.5) is 0 Å². The summed E-state index contributed by atoms with van der Waals surface area (Å²) in [7, 11) is 0. The van der Waals surface area contributed by atoms with Gasteiger partial charge in [-0.2, -0.15) is 0 Å². The van der Waals surface area contributed by atoms with Gasteiger partial charge in [0.15, 0.2) is 0 Å². The number of carbonyl (C=O) groups excluding carboxylic acids is 2. The number of fused-ring (bicyclic) bond motifs is 2. The van der Waals surface area contributed by atoms with Crippen molar-refractivity contribution in [1.29, 1.82) is 0 Å². The summed E-state index contributed by atoms with van der Waals surface area (Å²) < 4.78 is 12.3. The summed E-state index contributed by atoms with van der Waals surface area (Å²) in [6.45, 7) is 11.2. The van der Waals surface area contributed by atoms with E-state index in [2.05, 4.69) is 13.8 Å². The second-order valence-electron chi connectivity index (χ2n) is 14.1. The molecule has 6 fully saturated rings. The van der Waals surface area contributed by atoms with Gasteiger partial charge in [-0.05, 0) is 114 Å². The molecule has 6 bridgehead atoms. The third-order valence-corrected chi connectivity index (χ3v) is 11.3. The summed E-state index contributed by atoms with van der Waals surface area (Å²) in [4.78, 5) is 25.5. The Hall–Kier alpha value is -1.06. The van der Waals surface area contributed by atoms with Gasteiger partial charge in [0, 0.05) is 24.2 Å². The van der Waals surface area contributed by atoms with Gasteiger partial charge in [0.05, 0.1) is 12.0 Å². The van der Waals surface area contributed by atoms with Crippen LogP contribution < -0.4 is 0 Å². The van der Waals surface area contributed by atoms with Crippen molar-refractivity contribution < 1.29 is 19.1 Å². The van der Waals surface area contributed by atoms with E-state index in [1.807, 2.05) is 20.8 Å². The van der Waals surface area contributed by atoms with Crippen LogP contribution in [0.1, 0.15) is 112 Å². The van der Waals surface area contributed by atoms with Gasteiger partial charge in [-0.25, -0.2) is 0 Å². The Morgan fingerprint density at radius 2 is 1.65 bits per heavy atom. The molecule has 0 radical (unpaired) electrons. The third kappa shape index (κ3) is 4.13. The maximum absolute atomic E-state index is 13.3. The average molecular weight is 473 g/mol. The fourth-order valence-corrected chi connectivity index (χ4v) is 9.48. The van der Waals surface area contributed by atoms with E-state index in [0.717, 1.165) is 42.9 Å². The molecular formula is C30H48O4. The topological polar surface area (TPSA) is 52.6 Å². The molecule has 0 aromatic rings. The van der Waals surface area contributed by atoms with Crippen LogP contribution in [0.25, 0.3) is 0 Å². The van der Waals surface area contributed by atoms with Crippen molar-refractivity contribution in [2.24, 2.45) is 52.3 Å². The lowest BCUT2D eigenvalue weighted by Crippen LogP contribution is -2.66. The van der Waals surface area contributed by atoms with Gasteiger partial charge in [0.1, 0.15) is 5.60 Å². The molecule has 34 heavy (non-hydrogen) atoms. The van der Waals surface area contributed by atoms with E-state index in [1.54, 1.807) is 0 Å². The van der Waals surface area contributed by atoms with Gasteiger partial charge < -0.3 is 9.47 Å². The molecule has 6 rings (SSSR count). The minimum Gasteiger partial charge on any atom is -0.465 e. The molecule has 4 heteroatoms. The van der Waals surface area contributed by atoms with Crippen LogP contribution in [0.3, 0.4) is 0 Å². The maximum atomic E-state index is 13.3. The minimum absolute atomic E-state index is 0.00802. The lowest BCUT2D eigenvalue weighted by molar-refractivity contribution is -0.248. The second kappa shape index (κ2) is 8.80. The molecule has 6 saturated carbocycles. The fraction of sp³-hybridized carbons (Fsp3) is 0.933. The van der Waals surface area contributed by atoms with Crippen LogP contribution in [-0.4, -0.2) is 24.1 Å². The molecule has 6 aliphatic carbocycles. The highest BCUT2D eigenvalue weighted by Gasteiger charge is 2.68.